The number of aryl methyl sites for hydroxylation is 1. The van der Waals surface area contributed by atoms with Gasteiger partial charge >= 0.3 is 5.69 Å². The van der Waals surface area contributed by atoms with E-state index in [1.807, 2.05) is 20.8 Å². The predicted octanol–water partition coefficient (Wildman–Crippen LogP) is 1.90. The molecule has 1 N–H and O–H groups in total. The Labute approximate surface area is 129 Å². The summed E-state index contributed by atoms with van der Waals surface area (Å²) in [7, 11) is 1.66. The van der Waals surface area contributed by atoms with Gasteiger partial charge in [-0.3, -0.25) is 20.0 Å². The number of carbonyl (C=O) groups is 1. The average Bonchev–Trinajstić information content (AvgIpc) is 2.83. The summed E-state index contributed by atoms with van der Waals surface area (Å²) in [5, 5.41) is 17.4. The SMILES string of the molecule is CCO[C@H]1C[C@@H](N(C)C(=O)c2n[nH]c(C)c2[N+](=O)[O-])C1(C)C. The van der Waals surface area contributed by atoms with Gasteiger partial charge in [0.05, 0.1) is 11.0 Å². The second-order valence-corrected chi connectivity index (χ2v) is 6.24. The van der Waals surface area contributed by atoms with Crippen LogP contribution >= 0.6 is 0 Å². The van der Waals surface area contributed by atoms with E-state index in [1.54, 1.807) is 7.05 Å². The molecule has 0 spiro atoms. The zero-order valence-corrected chi connectivity index (χ0v) is 13.5. The summed E-state index contributed by atoms with van der Waals surface area (Å²) in [5.41, 5.74) is -0.307. The lowest BCUT2D eigenvalue weighted by molar-refractivity contribution is -0.385. The molecular weight excluding hydrogens is 288 g/mol. The number of amides is 1. The van der Waals surface area contributed by atoms with Crippen molar-refractivity contribution in [2.75, 3.05) is 13.7 Å². The normalized spacial score (nSPS) is 23.0. The van der Waals surface area contributed by atoms with Gasteiger partial charge in [-0.05, 0) is 20.3 Å². The third kappa shape index (κ3) is 2.47. The Bertz CT molecular complexity index is 596. The van der Waals surface area contributed by atoms with Gasteiger partial charge in [0.2, 0.25) is 5.69 Å². The van der Waals surface area contributed by atoms with Gasteiger partial charge in [0.1, 0.15) is 5.69 Å². The highest BCUT2D eigenvalue weighted by molar-refractivity contribution is 5.96. The van der Waals surface area contributed by atoms with E-state index in [-0.39, 0.29) is 34.6 Å². The Morgan fingerprint density at radius 1 is 1.59 bits per heavy atom. The summed E-state index contributed by atoms with van der Waals surface area (Å²) in [5.74, 6) is -0.441. The van der Waals surface area contributed by atoms with Crippen LogP contribution in [0.2, 0.25) is 0 Å². The molecule has 1 aliphatic rings. The second kappa shape index (κ2) is 5.68. The lowest BCUT2D eigenvalue weighted by Crippen LogP contribution is -2.62. The van der Waals surface area contributed by atoms with Crippen LogP contribution < -0.4 is 0 Å². The van der Waals surface area contributed by atoms with E-state index in [1.165, 1.54) is 11.8 Å². The number of nitro groups is 1. The fraction of sp³-hybridized carbons (Fsp3) is 0.714. The van der Waals surface area contributed by atoms with Crippen LogP contribution in [-0.2, 0) is 4.74 Å². The van der Waals surface area contributed by atoms with Crippen molar-refractivity contribution in [2.45, 2.75) is 46.3 Å². The number of hydrogen-bond acceptors (Lipinski definition) is 5. The molecule has 1 fully saturated rings. The molecule has 8 heteroatoms. The molecule has 1 heterocycles. The molecule has 1 amide bonds. The summed E-state index contributed by atoms with van der Waals surface area (Å²) in [4.78, 5) is 24.6. The first-order chi connectivity index (χ1) is 10.2. The first kappa shape index (κ1) is 16.4. The number of rotatable bonds is 5. The van der Waals surface area contributed by atoms with Crippen molar-refractivity contribution in [2.24, 2.45) is 5.41 Å². The predicted molar refractivity (Wildman–Crippen MR) is 79.7 cm³/mol. The summed E-state index contributed by atoms with van der Waals surface area (Å²) < 4.78 is 5.66. The van der Waals surface area contributed by atoms with Crippen LogP contribution in [0.25, 0.3) is 0 Å². The highest BCUT2D eigenvalue weighted by Crippen LogP contribution is 2.45. The minimum absolute atomic E-state index is 0.0341. The zero-order chi connectivity index (χ0) is 16.7. The minimum atomic E-state index is -0.575. The summed E-state index contributed by atoms with van der Waals surface area (Å²) in [6.45, 7) is 8.17. The van der Waals surface area contributed by atoms with Gasteiger partial charge in [-0.15, -0.1) is 0 Å². The van der Waals surface area contributed by atoms with Crippen molar-refractivity contribution < 1.29 is 14.5 Å². The Morgan fingerprint density at radius 2 is 2.23 bits per heavy atom. The summed E-state index contributed by atoms with van der Waals surface area (Å²) >= 11 is 0. The number of ether oxygens (including phenoxy) is 1. The Hall–Kier alpha value is -1.96. The molecule has 2 rings (SSSR count). The highest BCUT2D eigenvalue weighted by atomic mass is 16.6. The van der Waals surface area contributed by atoms with Gasteiger partial charge in [0, 0.05) is 25.1 Å². The molecule has 22 heavy (non-hydrogen) atoms. The largest absolute Gasteiger partial charge is 0.378 e. The van der Waals surface area contributed by atoms with Crippen LogP contribution in [0.1, 0.15) is 43.4 Å². The van der Waals surface area contributed by atoms with Crippen molar-refractivity contribution in [1.29, 1.82) is 0 Å². The third-order valence-corrected chi connectivity index (χ3v) is 4.58. The lowest BCUT2D eigenvalue weighted by Gasteiger charge is -2.54. The van der Waals surface area contributed by atoms with E-state index in [2.05, 4.69) is 10.2 Å². The summed E-state index contributed by atoms with van der Waals surface area (Å²) in [6, 6.07) is -0.0341. The van der Waals surface area contributed by atoms with E-state index in [0.717, 1.165) is 6.42 Å². The van der Waals surface area contributed by atoms with Crippen LogP contribution in [-0.4, -0.2) is 51.7 Å². The molecule has 2 atom stereocenters. The van der Waals surface area contributed by atoms with Crippen LogP contribution in [0.3, 0.4) is 0 Å². The number of hydrogen-bond donors (Lipinski definition) is 1. The maximum atomic E-state index is 12.6. The Morgan fingerprint density at radius 3 is 2.73 bits per heavy atom. The zero-order valence-electron chi connectivity index (χ0n) is 13.5. The quantitative estimate of drug-likeness (QED) is 0.661. The van der Waals surface area contributed by atoms with Crippen molar-refractivity contribution in [3.05, 3.63) is 21.5 Å². The first-order valence-corrected chi connectivity index (χ1v) is 7.29. The van der Waals surface area contributed by atoms with Crippen molar-refractivity contribution >= 4 is 11.6 Å². The van der Waals surface area contributed by atoms with Crippen LogP contribution in [0.5, 0.6) is 0 Å². The molecule has 0 radical (unpaired) electrons. The monoisotopic (exact) mass is 310 g/mol. The van der Waals surface area contributed by atoms with Gasteiger partial charge in [-0.25, -0.2) is 0 Å². The molecule has 1 saturated carbocycles. The molecular formula is C14H22N4O4. The molecule has 8 nitrogen and oxygen atoms in total. The van der Waals surface area contributed by atoms with Gasteiger partial charge < -0.3 is 9.64 Å². The highest BCUT2D eigenvalue weighted by Gasteiger charge is 2.52. The number of aromatic amines is 1. The maximum Gasteiger partial charge on any atom is 0.322 e. The molecule has 122 valence electrons. The van der Waals surface area contributed by atoms with Gasteiger partial charge in [-0.1, -0.05) is 13.8 Å². The standard InChI is InChI=1S/C14H22N4O4/c1-6-22-10-7-9(14(10,3)4)17(5)13(19)11-12(18(20)21)8(2)15-16-11/h9-10H,6-7H2,1-5H3,(H,15,16)/t9-,10+/m1/s1. The molecule has 0 aromatic carbocycles. The Balaban J connectivity index is 2.20. The summed E-state index contributed by atoms with van der Waals surface area (Å²) in [6.07, 6.45) is 0.814. The van der Waals surface area contributed by atoms with E-state index in [0.29, 0.717) is 6.61 Å². The van der Waals surface area contributed by atoms with E-state index < -0.39 is 10.8 Å². The molecule has 0 saturated heterocycles. The third-order valence-electron chi connectivity index (χ3n) is 4.58. The molecule has 0 bridgehead atoms. The number of aromatic nitrogens is 2. The smallest absolute Gasteiger partial charge is 0.322 e. The molecule has 0 unspecified atom stereocenters. The topological polar surface area (TPSA) is 101 Å². The second-order valence-electron chi connectivity index (χ2n) is 6.24. The van der Waals surface area contributed by atoms with E-state index in [9.17, 15) is 14.9 Å². The van der Waals surface area contributed by atoms with E-state index >= 15 is 0 Å². The fourth-order valence-electron chi connectivity index (χ4n) is 3.11. The van der Waals surface area contributed by atoms with Crippen molar-refractivity contribution in [1.82, 2.24) is 15.1 Å². The first-order valence-electron chi connectivity index (χ1n) is 7.29. The van der Waals surface area contributed by atoms with Crippen LogP contribution in [0.15, 0.2) is 0 Å². The molecule has 1 aromatic rings. The molecule has 0 aliphatic heterocycles. The van der Waals surface area contributed by atoms with Crippen molar-refractivity contribution in [3.8, 4) is 0 Å². The Kier molecular flexibility index (Phi) is 4.23. The number of nitrogens with zero attached hydrogens (tertiary/aromatic N) is 3. The molecule has 1 aromatic heterocycles. The number of nitrogens with one attached hydrogen (secondary N) is 1. The minimum Gasteiger partial charge on any atom is -0.378 e. The number of H-pyrrole nitrogens is 1. The average molecular weight is 310 g/mol. The van der Waals surface area contributed by atoms with Gasteiger partial charge in [-0.2, -0.15) is 5.10 Å². The molecule has 1 aliphatic carbocycles. The van der Waals surface area contributed by atoms with Crippen LogP contribution in [0, 0.1) is 22.5 Å². The lowest BCUT2D eigenvalue weighted by atomic mass is 9.63. The van der Waals surface area contributed by atoms with Crippen molar-refractivity contribution in [3.63, 3.8) is 0 Å². The van der Waals surface area contributed by atoms with Crippen LogP contribution in [0.4, 0.5) is 5.69 Å². The van der Waals surface area contributed by atoms with E-state index in [4.69, 9.17) is 4.74 Å². The maximum absolute atomic E-state index is 12.6. The van der Waals surface area contributed by atoms with Gasteiger partial charge in [0.15, 0.2) is 0 Å². The number of carbonyl (C=O) groups excluding carboxylic acids is 1. The van der Waals surface area contributed by atoms with Gasteiger partial charge in [0.25, 0.3) is 5.91 Å². The fourth-order valence-corrected chi connectivity index (χ4v) is 3.11.